The maximum absolute atomic E-state index is 12.8. The average Bonchev–Trinajstić information content (AvgIpc) is 3.02. The summed E-state index contributed by atoms with van der Waals surface area (Å²) in [5.74, 6) is -0.413. The topological polar surface area (TPSA) is 76.1 Å². The lowest BCUT2D eigenvalue weighted by Crippen LogP contribution is -2.43. The number of aliphatic carboxylic acids is 1. The van der Waals surface area contributed by atoms with Crippen LogP contribution in [0.4, 0.5) is 0 Å². The number of thioether (sulfide) groups is 1. The Hall–Kier alpha value is -2.55. The normalized spacial score (nSPS) is 15.8. The molecule has 1 N–H and O–H groups in total. The minimum Gasteiger partial charge on any atom is -0.490 e. The molecule has 168 valence electrons. The molecule has 9 heteroatoms. The van der Waals surface area contributed by atoms with Crippen molar-refractivity contribution >= 4 is 57.9 Å². The van der Waals surface area contributed by atoms with E-state index in [1.807, 2.05) is 25.1 Å². The summed E-state index contributed by atoms with van der Waals surface area (Å²) < 4.78 is 11.9. The minimum absolute atomic E-state index is 0.236. The van der Waals surface area contributed by atoms with Gasteiger partial charge in [-0.05, 0) is 43.2 Å². The van der Waals surface area contributed by atoms with Gasteiger partial charge in [-0.3, -0.25) is 9.69 Å². The first-order valence-corrected chi connectivity index (χ1v) is 11.6. The molecule has 0 saturated carbocycles. The Morgan fingerprint density at radius 3 is 2.62 bits per heavy atom. The molecule has 0 aliphatic carbocycles. The maximum atomic E-state index is 12.8. The molecule has 1 heterocycles. The van der Waals surface area contributed by atoms with Crippen LogP contribution in [0.3, 0.4) is 0 Å². The summed E-state index contributed by atoms with van der Waals surface area (Å²) in [4.78, 5) is 25.8. The van der Waals surface area contributed by atoms with Crippen LogP contribution in [0.1, 0.15) is 31.4 Å². The first-order valence-electron chi connectivity index (χ1n) is 9.98. The van der Waals surface area contributed by atoms with Crippen molar-refractivity contribution in [2.24, 2.45) is 0 Å². The summed E-state index contributed by atoms with van der Waals surface area (Å²) in [6.45, 7) is 4.29. The maximum Gasteiger partial charge on any atom is 0.326 e. The molecule has 1 aliphatic heterocycles. The summed E-state index contributed by atoms with van der Waals surface area (Å²) in [6, 6.07) is 11.8. The number of ether oxygens (including phenoxy) is 2. The van der Waals surface area contributed by atoms with Crippen molar-refractivity contribution in [1.29, 1.82) is 0 Å². The minimum atomic E-state index is -1.08. The van der Waals surface area contributed by atoms with Crippen LogP contribution < -0.4 is 9.47 Å². The van der Waals surface area contributed by atoms with Gasteiger partial charge in [0.05, 0.1) is 11.5 Å². The van der Waals surface area contributed by atoms with Crippen molar-refractivity contribution in [3.63, 3.8) is 0 Å². The van der Waals surface area contributed by atoms with Gasteiger partial charge in [-0.2, -0.15) is 0 Å². The fourth-order valence-electron chi connectivity index (χ4n) is 3.14. The number of hydrogen-bond donors (Lipinski definition) is 1. The molecule has 1 aliphatic rings. The number of thiocarbonyl (C=S) groups is 1. The van der Waals surface area contributed by atoms with Crippen molar-refractivity contribution in [1.82, 2.24) is 4.90 Å². The van der Waals surface area contributed by atoms with Gasteiger partial charge in [0, 0.05) is 10.6 Å². The van der Waals surface area contributed by atoms with E-state index in [1.165, 1.54) is 4.90 Å². The molecule has 2 aromatic rings. The number of halogens is 1. The molecule has 1 atom stereocenters. The van der Waals surface area contributed by atoms with Crippen LogP contribution in [0.25, 0.3) is 6.08 Å². The number of carboxylic acid groups (broad SMARTS) is 1. The van der Waals surface area contributed by atoms with E-state index < -0.39 is 17.9 Å². The standard InChI is InChI=1S/C23H22ClNO5S2/c1-3-17(22(27)28)25-21(26)20(32-23(25)31)12-14-9-10-18(19(11-14)29-4-2)30-13-15-7-5-6-8-16(15)24/h5-12,17H,3-4,13H2,1-2H3,(H,27,28). The highest BCUT2D eigenvalue weighted by atomic mass is 35.5. The molecule has 0 radical (unpaired) electrons. The lowest BCUT2D eigenvalue weighted by Gasteiger charge is -2.21. The van der Waals surface area contributed by atoms with Crippen LogP contribution >= 0.6 is 35.6 Å². The number of benzene rings is 2. The number of nitrogens with zero attached hydrogens (tertiary/aromatic N) is 1. The van der Waals surface area contributed by atoms with E-state index in [2.05, 4.69) is 0 Å². The van der Waals surface area contributed by atoms with Gasteiger partial charge >= 0.3 is 5.97 Å². The van der Waals surface area contributed by atoms with Gasteiger partial charge in [0.25, 0.3) is 5.91 Å². The van der Waals surface area contributed by atoms with Crippen molar-refractivity contribution in [2.75, 3.05) is 6.61 Å². The zero-order chi connectivity index (χ0) is 23.3. The summed E-state index contributed by atoms with van der Waals surface area (Å²) in [7, 11) is 0. The number of carbonyl (C=O) groups excluding carboxylic acids is 1. The van der Waals surface area contributed by atoms with Gasteiger partial charge in [-0.1, -0.05) is 66.8 Å². The van der Waals surface area contributed by atoms with E-state index in [-0.39, 0.29) is 17.3 Å². The van der Waals surface area contributed by atoms with Crippen LogP contribution in [-0.2, 0) is 16.2 Å². The molecule has 1 unspecified atom stereocenters. The quantitative estimate of drug-likeness (QED) is 0.372. The molecule has 1 fully saturated rings. The number of carbonyl (C=O) groups is 2. The first-order chi connectivity index (χ1) is 15.3. The van der Waals surface area contributed by atoms with Gasteiger partial charge in [-0.25, -0.2) is 4.79 Å². The molecule has 0 bridgehead atoms. The van der Waals surface area contributed by atoms with Crippen LogP contribution in [0.15, 0.2) is 47.4 Å². The number of amides is 1. The lowest BCUT2D eigenvalue weighted by molar-refractivity contribution is -0.145. The van der Waals surface area contributed by atoms with Crippen LogP contribution in [0, 0.1) is 0 Å². The third kappa shape index (κ3) is 5.43. The van der Waals surface area contributed by atoms with Gasteiger partial charge in [-0.15, -0.1) is 0 Å². The SMILES string of the molecule is CCOc1cc(C=C2SC(=S)N(C(CC)C(=O)O)C2=O)ccc1OCc1ccccc1Cl. The molecule has 3 rings (SSSR count). The van der Waals surface area contributed by atoms with E-state index in [0.717, 1.165) is 17.3 Å². The zero-order valence-corrected chi connectivity index (χ0v) is 19.9. The molecule has 0 aromatic heterocycles. The molecular formula is C23H22ClNO5S2. The number of hydrogen-bond acceptors (Lipinski definition) is 6. The molecule has 1 amide bonds. The van der Waals surface area contributed by atoms with E-state index in [0.29, 0.717) is 33.6 Å². The second-order valence-corrected chi connectivity index (χ2v) is 8.92. The Balaban J connectivity index is 1.83. The van der Waals surface area contributed by atoms with Crippen LogP contribution in [0.5, 0.6) is 11.5 Å². The molecular weight excluding hydrogens is 470 g/mol. The van der Waals surface area contributed by atoms with Crippen LogP contribution in [0.2, 0.25) is 5.02 Å². The second kappa shape index (κ2) is 10.8. The third-order valence-corrected chi connectivity index (χ3v) is 6.41. The van der Waals surface area contributed by atoms with Crippen molar-refractivity contribution < 1.29 is 24.2 Å². The summed E-state index contributed by atoms with van der Waals surface area (Å²) in [5, 5.41) is 10.0. The zero-order valence-electron chi connectivity index (χ0n) is 17.5. The predicted octanol–water partition coefficient (Wildman–Crippen LogP) is 5.38. The van der Waals surface area contributed by atoms with Gasteiger partial charge in [0.1, 0.15) is 17.0 Å². The molecule has 0 spiro atoms. The monoisotopic (exact) mass is 491 g/mol. The Morgan fingerprint density at radius 1 is 1.22 bits per heavy atom. The number of carboxylic acids is 1. The Bertz CT molecular complexity index is 1070. The Morgan fingerprint density at radius 2 is 1.97 bits per heavy atom. The molecule has 32 heavy (non-hydrogen) atoms. The van der Waals surface area contributed by atoms with E-state index in [4.69, 9.17) is 33.3 Å². The highest BCUT2D eigenvalue weighted by Gasteiger charge is 2.39. The molecule has 2 aromatic carbocycles. The highest BCUT2D eigenvalue weighted by Crippen LogP contribution is 2.36. The van der Waals surface area contributed by atoms with Crippen molar-refractivity contribution in [2.45, 2.75) is 32.9 Å². The fraction of sp³-hybridized carbons (Fsp3) is 0.261. The van der Waals surface area contributed by atoms with E-state index in [9.17, 15) is 14.7 Å². The van der Waals surface area contributed by atoms with Gasteiger partial charge in [0.2, 0.25) is 0 Å². The Kier molecular flexibility index (Phi) is 8.17. The average molecular weight is 492 g/mol. The van der Waals surface area contributed by atoms with Crippen LogP contribution in [-0.4, -0.2) is 38.9 Å². The number of rotatable bonds is 9. The van der Waals surface area contributed by atoms with Crippen molar-refractivity contribution in [3.05, 3.63) is 63.5 Å². The smallest absolute Gasteiger partial charge is 0.326 e. The fourth-order valence-corrected chi connectivity index (χ4v) is 4.69. The third-order valence-electron chi connectivity index (χ3n) is 4.71. The predicted molar refractivity (Wildman–Crippen MR) is 130 cm³/mol. The highest BCUT2D eigenvalue weighted by molar-refractivity contribution is 8.26. The van der Waals surface area contributed by atoms with Gasteiger partial charge < -0.3 is 14.6 Å². The Labute approximate surface area is 201 Å². The van der Waals surface area contributed by atoms with Gasteiger partial charge in [0.15, 0.2) is 11.5 Å². The largest absolute Gasteiger partial charge is 0.490 e. The van der Waals surface area contributed by atoms with E-state index >= 15 is 0 Å². The second-order valence-electron chi connectivity index (χ2n) is 6.83. The van der Waals surface area contributed by atoms with Crippen molar-refractivity contribution in [3.8, 4) is 11.5 Å². The first kappa shape index (κ1) is 24.1. The molecule has 1 saturated heterocycles. The summed E-state index contributed by atoms with van der Waals surface area (Å²) >= 11 is 12.5. The summed E-state index contributed by atoms with van der Waals surface area (Å²) in [5.41, 5.74) is 1.57. The van der Waals surface area contributed by atoms with E-state index in [1.54, 1.807) is 37.3 Å². The summed E-state index contributed by atoms with van der Waals surface area (Å²) in [6.07, 6.45) is 1.94. The lowest BCUT2D eigenvalue weighted by atomic mass is 10.1. The molecule has 6 nitrogen and oxygen atoms in total.